The van der Waals surface area contributed by atoms with E-state index in [1.165, 1.54) is 20.5 Å². The van der Waals surface area contributed by atoms with Gasteiger partial charge in [-0.15, -0.1) is 11.3 Å². The van der Waals surface area contributed by atoms with Gasteiger partial charge in [0.05, 0.1) is 4.70 Å². The summed E-state index contributed by atoms with van der Waals surface area (Å²) < 4.78 is 1.25. The van der Waals surface area contributed by atoms with Crippen molar-refractivity contribution in [2.24, 2.45) is 0 Å². The molecule has 76 valence electrons. The molecular weight excluding hydrogens is 202 g/mol. The van der Waals surface area contributed by atoms with Crippen molar-refractivity contribution < 1.29 is 0 Å². The van der Waals surface area contributed by atoms with Crippen LogP contribution in [-0.2, 0) is 0 Å². The van der Waals surface area contributed by atoms with Crippen LogP contribution < -0.4 is 0 Å². The molecule has 2 heteroatoms. The Kier molecular flexibility index (Phi) is 2.97. The van der Waals surface area contributed by atoms with E-state index in [-0.39, 0.29) is 0 Å². The third-order valence-corrected chi connectivity index (χ3v) is 3.33. The molecule has 0 saturated heterocycles. The van der Waals surface area contributed by atoms with E-state index in [9.17, 15) is 0 Å². The summed E-state index contributed by atoms with van der Waals surface area (Å²) in [6.45, 7) is 4.09. The van der Waals surface area contributed by atoms with Crippen LogP contribution in [0.5, 0.6) is 0 Å². The largest absolute Gasteiger partial charge is 0.263 e. The minimum Gasteiger partial charge on any atom is -0.263 e. The van der Waals surface area contributed by atoms with Crippen molar-refractivity contribution >= 4 is 33.6 Å². The van der Waals surface area contributed by atoms with E-state index in [0.717, 1.165) is 0 Å². The third kappa shape index (κ3) is 1.85. The summed E-state index contributed by atoms with van der Waals surface area (Å²) in [4.78, 5) is 5.45. The van der Waals surface area contributed by atoms with Gasteiger partial charge in [0, 0.05) is 28.2 Å². The number of hydrogen-bond acceptors (Lipinski definition) is 2. The Labute approximate surface area is 93.8 Å². The second kappa shape index (κ2) is 4.41. The van der Waals surface area contributed by atoms with Gasteiger partial charge in [0.15, 0.2) is 0 Å². The number of allylic oxidation sites excluding steroid dienone is 2. The molecule has 0 N–H and O–H groups in total. The van der Waals surface area contributed by atoms with Gasteiger partial charge in [0.1, 0.15) is 0 Å². The van der Waals surface area contributed by atoms with Crippen molar-refractivity contribution in [2.45, 2.75) is 13.8 Å². The van der Waals surface area contributed by atoms with E-state index in [1.807, 2.05) is 26.2 Å². The van der Waals surface area contributed by atoms with E-state index in [4.69, 9.17) is 0 Å². The van der Waals surface area contributed by atoms with Gasteiger partial charge in [0.25, 0.3) is 0 Å². The van der Waals surface area contributed by atoms with Gasteiger partial charge in [-0.05, 0) is 26.0 Å². The van der Waals surface area contributed by atoms with Gasteiger partial charge in [-0.3, -0.25) is 4.98 Å². The summed E-state index contributed by atoms with van der Waals surface area (Å²) in [6, 6.07) is 2.08. The highest BCUT2D eigenvalue weighted by molar-refractivity contribution is 7.20. The second-order valence-electron chi connectivity index (χ2n) is 3.25. The summed E-state index contributed by atoms with van der Waals surface area (Å²) in [5.41, 5.74) is 1.30. The fourth-order valence-corrected chi connectivity index (χ4v) is 2.73. The molecule has 0 aliphatic heterocycles. The molecule has 2 aromatic heterocycles. The zero-order valence-corrected chi connectivity index (χ0v) is 9.71. The van der Waals surface area contributed by atoms with E-state index in [2.05, 4.69) is 35.4 Å². The molecule has 0 saturated carbocycles. The van der Waals surface area contributed by atoms with E-state index in [1.54, 1.807) is 11.3 Å². The average Bonchev–Trinajstić information content (AvgIpc) is 2.59. The number of thiophene rings is 1. The summed E-state index contributed by atoms with van der Waals surface area (Å²) in [7, 11) is 0. The monoisotopic (exact) mass is 215 g/mol. The molecule has 0 unspecified atom stereocenters. The summed E-state index contributed by atoms with van der Waals surface area (Å²) in [5, 5.41) is 1.29. The number of hydrogen-bond donors (Lipinski definition) is 0. The Balaban J connectivity index is 2.74. The van der Waals surface area contributed by atoms with Crippen molar-refractivity contribution in [3.8, 4) is 0 Å². The normalized spacial score (nSPS) is 12.1. The highest BCUT2D eigenvalue weighted by atomic mass is 32.1. The first-order chi connectivity index (χ1) is 7.36. The molecule has 0 aliphatic rings. The quantitative estimate of drug-likeness (QED) is 0.725. The smallest absolute Gasteiger partial charge is 0.0538 e. The average molecular weight is 215 g/mol. The highest BCUT2D eigenvalue weighted by Crippen LogP contribution is 2.32. The summed E-state index contributed by atoms with van der Waals surface area (Å²) in [6.07, 6.45) is 12.2. The van der Waals surface area contributed by atoms with Gasteiger partial charge in [-0.2, -0.15) is 0 Å². The van der Waals surface area contributed by atoms with Gasteiger partial charge < -0.3 is 0 Å². The number of aromatic nitrogens is 1. The van der Waals surface area contributed by atoms with Crippen LogP contribution >= 0.6 is 11.3 Å². The Hall–Kier alpha value is -1.41. The molecule has 1 nitrogen and oxygen atoms in total. The van der Waals surface area contributed by atoms with E-state index < -0.39 is 0 Å². The molecule has 0 radical (unpaired) electrons. The van der Waals surface area contributed by atoms with Crippen LogP contribution in [0.15, 0.2) is 30.6 Å². The predicted octanol–water partition coefficient (Wildman–Crippen LogP) is 4.36. The molecule has 2 aromatic rings. The minimum absolute atomic E-state index is 1.25. The number of pyridine rings is 1. The van der Waals surface area contributed by atoms with Gasteiger partial charge >= 0.3 is 0 Å². The summed E-state index contributed by atoms with van der Waals surface area (Å²) >= 11 is 1.79. The lowest BCUT2D eigenvalue weighted by atomic mass is 10.1. The Bertz CT molecular complexity index is 520. The van der Waals surface area contributed by atoms with Crippen LogP contribution in [0.3, 0.4) is 0 Å². The zero-order valence-electron chi connectivity index (χ0n) is 8.90. The Morgan fingerprint density at radius 3 is 2.73 bits per heavy atom. The van der Waals surface area contributed by atoms with E-state index >= 15 is 0 Å². The lowest BCUT2D eigenvalue weighted by Gasteiger charge is -1.92. The molecule has 0 aromatic carbocycles. The number of rotatable bonds is 2. The van der Waals surface area contributed by atoms with Gasteiger partial charge in [-0.1, -0.05) is 18.2 Å². The maximum atomic E-state index is 4.15. The van der Waals surface area contributed by atoms with Crippen LogP contribution in [0.4, 0.5) is 0 Å². The van der Waals surface area contributed by atoms with Crippen molar-refractivity contribution in [3.05, 3.63) is 41.1 Å². The van der Waals surface area contributed by atoms with E-state index in [0.29, 0.717) is 0 Å². The van der Waals surface area contributed by atoms with Gasteiger partial charge in [-0.25, -0.2) is 0 Å². The third-order valence-electron chi connectivity index (χ3n) is 2.21. The molecule has 0 spiro atoms. The lowest BCUT2D eigenvalue weighted by Crippen LogP contribution is -1.73. The maximum Gasteiger partial charge on any atom is 0.0538 e. The summed E-state index contributed by atoms with van der Waals surface area (Å²) in [5.74, 6) is 0. The van der Waals surface area contributed by atoms with Crippen LogP contribution in [0, 0.1) is 0 Å². The fourth-order valence-electron chi connectivity index (χ4n) is 1.60. The minimum atomic E-state index is 1.25. The number of nitrogens with zero attached hydrogens (tertiary/aromatic N) is 1. The molecule has 2 rings (SSSR count). The van der Waals surface area contributed by atoms with Crippen LogP contribution in [0.1, 0.15) is 24.3 Å². The first kappa shape index (κ1) is 10.1. The van der Waals surface area contributed by atoms with Gasteiger partial charge in [0.2, 0.25) is 0 Å². The zero-order chi connectivity index (χ0) is 10.7. The van der Waals surface area contributed by atoms with Crippen molar-refractivity contribution in [2.75, 3.05) is 0 Å². The molecule has 0 fully saturated rings. The van der Waals surface area contributed by atoms with Crippen LogP contribution in [0.25, 0.3) is 22.2 Å². The van der Waals surface area contributed by atoms with Crippen LogP contribution in [0.2, 0.25) is 0 Å². The predicted molar refractivity (Wildman–Crippen MR) is 69.0 cm³/mol. The molecule has 2 heterocycles. The van der Waals surface area contributed by atoms with Crippen molar-refractivity contribution in [1.82, 2.24) is 4.98 Å². The highest BCUT2D eigenvalue weighted by Gasteiger charge is 2.06. The van der Waals surface area contributed by atoms with Crippen molar-refractivity contribution in [3.63, 3.8) is 0 Å². The molecular formula is C13H13NS. The standard InChI is InChI=1S/C13H13NS/c1-3-5-10-11-7-8-14-9-13(11)15-12(10)6-4-2/h3-9H,1-2H3/b5-3-,6-4-. The lowest BCUT2D eigenvalue weighted by molar-refractivity contribution is 1.37. The first-order valence-electron chi connectivity index (χ1n) is 4.98. The second-order valence-corrected chi connectivity index (χ2v) is 4.34. The van der Waals surface area contributed by atoms with Crippen LogP contribution in [-0.4, -0.2) is 4.98 Å². The number of fused-ring (bicyclic) bond motifs is 1. The SMILES string of the molecule is C/C=C\c1sc2cnccc2c1/C=C\C. The van der Waals surface area contributed by atoms with Crippen molar-refractivity contribution in [1.29, 1.82) is 0 Å². The molecule has 15 heavy (non-hydrogen) atoms. The topological polar surface area (TPSA) is 12.9 Å². The molecule has 0 atom stereocenters. The molecule has 0 bridgehead atoms. The Morgan fingerprint density at radius 2 is 2.00 bits per heavy atom. The molecule has 0 amide bonds. The first-order valence-corrected chi connectivity index (χ1v) is 5.80. The molecule has 0 aliphatic carbocycles. The fraction of sp³-hybridized carbons (Fsp3) is 0.154. The Morgan fingerprint density at radius 1 is 1.20 bits per heavy atom. The maximum absolute atomic E-state index is 4.15.